The monoisotopic (exact) mass is 326 g/mol. The number of nitrogens with one attached hydrogen (secondary N) is 2. The van der Waals surface area contributed by atoms with Crippen LogP contribution in [0.1, 0.15) is 17.9 Å². The van der Waals surface area contributed by atoms with E-state index in [9.17, 15) is 18.0 Å². The maximum absolute atomic E-state index is 12.6. The van der Waals surface area contributed by atoms with Crippen LogP contribution in [0.2, 0.25) is 0 Å². The van der Waals surface area contributed by atoms with Gasteiger partial charge in [-0.15, -0.1) is 0 Å². The summed E-state index contributed by atoms with van der Waals surface area (Å²) < 4.78 is 39.4. The third-order valence-electron chi connectivity index (χ3n) is 3.42. The summed E-state index contributed by atoms with van der Waals surface area (Å²) in [6.07, 6.45) is -1.75. The summed E-state index contributed by atoms with van der Waals surface area (Å²) in [5, 5.41) is 9.04. The van der Waals surface area contributed by atoms with Gasteiger partial charge in [0.2, 0.25) is 0 Å². The second-order valence-corrected chi connectivity index (χ2v) is 5.10. The number of amides is 2. The number of nitrogens with zero attached hydrogens (tertiary/aromatic N) is 4. The molecule has 1 atom stereocenters. The number of rotatable bonds is 2. The maximum atomic E-state index is 12.6. The van der Waals surface area contributed by atoms with Gasteiger partial charge in [-0.05, 0) is 18.6 Å². The molecule has 0 unspecified atom stereocenters. The zero-order chi connectivity index (χ0) is 16.4. The van der Waals surface area contributed by atoms with Gasteiger partial charge in [0.05, 0.1) is 12.6 Å². The highest BCUT2D eigenvalue weighted by Gasteiger charge is 2.32. The van der Waals surface area contributed by atoms with Gasteiger partial charge >= 0.3 is 12.2 Å². The number of hydrogen-bond acceptors (Lipinski definition) is 4. The number of aromatic nitrogens is 4. The van der Waals surface area contributed by atoms with Crippen molar-refractivity contribution in [2.45, 2.75) is 31.6 Å². The lowest BCUT2D eigenvalue weighted by Gasteiger charge is -2.23. The molecule has 122 valence electrons. The second-order valence-electron chi connectivity index (χ2n) is 5.10. The van der Waals surface area contributed by atoms with Crippen LogP contribution in [0.15, 0.2) is 24.5 Å². The van der Waals surface area contributed by atoms with Gasteiger partial charge in [-0.25, -0.2) is 19.4 Å². The summed E-state index contributed by atoms with van der Waals surface area (Å²) in [4.78, 5) is 19.4. The number of fused-ring (bicyclic) bond motifs is 1. The topological polar surface area (TPSA) is 84.7 Å². The Bertz CT molecular complexity index is 714. The number of halogens is 3. The van der Waals surface area contributed by atoms with Gasteiger partial charge in [0.25, 0.3) is 0 Å². The molecule has 0 aliphatic carbocycles. The Morgan fingerprint density at radius 2 is 2.17 bits per heavy atom. The minimum atomic E-state index is -4.55. The molecular weight excluding hydrogens is 313 g/mol. The quantitative estimate of drug-likeness (QED) is 0.882. The Labute approximate surface area is 128 Å². The Morgan fingerprint density at radius 3 is 2.96 bits per heavy atom. The molecule has 2 aromatic rings. The van der Waals surface area contributed by atoms with Crippen LogP contribution in [0, 0.1) is 0 Å². The van der Waals surface area contributed by atoms with Crippen molar-refractivity contribution in [3.05, 3.63) is 36.0 Å². The standard InChI is InChI=1S/C13H13F3N6O/c14-13(15,16)9-2-1-3-10(20-9)21-12(23)19-8-4-5-11-17-7-18-22(11)6-8/h1-3,7-8H,4-6H2,(H2,19,20,21,23)/t8-/m1/s1. The molecule has 2 N–H and O–H groups in total. The van der Waals surface area contributed by atoms with Gasteiger partial charge < -0.3 is 5.32 Å². The highest BCUT2D eigenvalue weighted by molar-refractivity contribution is 5.88. The molecular formula is C13H13F3N6O. The van der Waals surface area contributed by atoms with Crippen molar-refractivity contribution in [3.63, 3.8) is 0 Å². The van der Waals surface area contributed by atoms with E-state index in [0.717, 1.165) is 11.9 Å². The van der Waals surface area contributed by atoms with E-state index in [-0.39, 0.29) is 11.9 Å². The number of urea groups is 1. The minimum absolute atomic E-state index is 0.158. The van der Waals surface area contributed by atoms with Crippen LogP contribution in [-0.2, 0) is 19.1 Å². The van der Waals surface area contributed by atoms with Crippen molar-refractivity contribution in [2.24, 2.45) is 0 Å². The molecule has 0 saturated heterocycles. The molecule has 2 aromatic heterocycles. The minimum Gasteiger partial charge on any atom is -0.333 e. The first-order chi connectivity index (χ1) is 10.9. The molecule has 0 radical (unpaired) electrons. The first kappa shape index (κ1) is 15.3. The molecule has 1 aliphatic heterocycles. The fourth-order valence-corrected chi connectivity index (χ4v) is 2.36. The third kappa shape index (κ3) is 3.58. The molecule has 0 bridgehead atoms. The number of anilines is 1. The van der Waals surface area contributed by atoms with E-state index >= 15 is 0 Å². The van der Waals surface area contributed by atoms with Crippen molar-refractivity contribution in [2.75, 3.05) is 5.32 Å². The fraction of sp³-hybridized carbons (Fsp3) is 0.385. The maximum Gasteiger partial charge on any atom is 0.433 e. The Morgan fingerprint density at radius 1 is 1.35 bits per heavy atom. The lowest BCUT2D eigenvalue weighted by atomic mass is 10.1. The van der Waals surface area contributed by atoms with E-state index in [1.165, 1.54) is 18.5 Å². The number of pyridine rings is 1. The van der Waals surface area contributed by atoms with Gasteiger partial charge in [-0.3, -0.25) is 5.32 Å². The average molecular weight is 326 g/mol. The highest BCUT2D eigenvalue weighted by Crippen LogP contribution is 2.28. The van der Waals surface area contributed by atoms with E-state index in [0.29, 0.717) is 19.4 Å². The molecule has 0 aromatic carbocycles. The molecule has 3 heterocycles. The Hall–Kier alpha value is -2.65. The van der Waals surface area contributed by atoms with E-state index < -0.39 is 17.9 Å². The summed E-state index contributed by atoms with van der Waals surface area (Å²) in [5.74, 6) is 0.692. The third-order valence-corrected chi connectivity index (χ3v) is 3.42. The Kier molecular flexibility index (Phi) is 3.89. The zero-order valence-corrected chi connectivity index (χ0v) is 11.8. The largest absolute Gasteiger partial charge is 0.433 e. The zero-order valence-electron chi connectivity index (χ0n) is 11.8. The summed E-state index contributed by atoms with van der Waals surface area (Å²) in [7, 11) is 0. The fourth-order valence-electron chi connectivity index (χ4n) is 2.36. The summed E-state index contributed by atoms with van der Waals surface area (Å²) >= 11 is 0. The van der Waals surface area contributed by atoms with Crippen LogP contribution < -0.4 is 10.6 Å². The highest BCUT2D eigenvalue weighted by atomic mass is 19.4. The van der Waals surface area contributed by atoms with Crippen molar-refractivity contribution in [3.8, 4) is 0 Å². The van der Waals surface area contributed by atoms with Gasteiger partial charge in [-0.1, -0.05) is 6.07 Å². The summed E-state index contributed by atoms with van der Waals surface area (Å²) in [6, 6.07) is 2.55. The molecule has 3 rings (SSSR count). The van der Waals surface area contributed by atoms with Crippen molar-refractivity contribution >= 4 is 11.8 Å². The van der Waals surface area contributed by atoms with E-state index in [1.54, 1.807) is 4.68 Å². The first-order valence-electron chi connectivity index (χ1n) is 6.90. The van der Waals surface area contributed by atoms with Crippen molar-refractivity contribution in [1.29, 1.82) is 0 Å². The number of carbonyl (C=O) groups excluding carboxylic acids is 1. The predicted octanol–water partition coefficient (Wildman–Crippen LogP) is 1.83. The van der Waals surface area contributed by atoms with E-state index in [2.05, 4.69) is 25.7 Å². The van der Waals surface area contributed by atoms with Crippen LogP contribution >= 0.6 is 0 Å². The van der Waals surface area contributed by atoms with Crippen LogP contribution in [-0.4, -0.2) is 31.8 Å². The SMILES string of the molecule is O=C(Nc1cccc(C(F)(F)F)n1)N[C@@H]1CCc2ncnn2C1. The van der Waals surface area contributed by atoms with Crippen LogP contribution in [0.5, 0.6) is 0 Å². The van der Waals surface area contributed by atoms with E-state index in [1.807, 2.05) is 0 Å². The average Bonchev–Trinajstić information content (AvgIpc) is 2.94. The molecule has 0 spiro atoms. The molecule has 0 saturated carbocycles. The predicted molar refractivity (Wildman–Crippen MR) is 73.5 cm³/mol. The molecule has 23 heavy (non-hydrogen) atoms. The molecule has 10 heteroatoms. The Balaban J connectivity index is 1.60. The summed E-state index contributed by atoms with van der Waals surface area (Å²) in [5.41, 5.74) is -1.06. The first-order valence-corrected chi connectivity index (χ1v) is 6.90. The van der Waals surface area contributed by atoms with Gasteiger partial charge in [-0.2, -0.15) is 18.3 Å². The van der Waals surface area contributed by atoms with E-state index in [4.69, 9.17) is 0 Å². The molecule has 2 amide bonds. The lowest BCUT2D eigenvalue weighted by Crippen LogP contribution is -2.43. The van der Waals surface area contributed by atoms with Gasteiger partial charge in [0, 0.05) is 6.42 Å². The molecule has 7 nitrogen and oxygen atoms in total. The number of carbonyl (C=O) groups is 1. The summed E-state index contributed by atoms with van der Waals surface area (Å²) in [6.45, 7) is 0.471. The normalized spacial score (nSPS) is 17.4. The van der Waals surface area contributed by atoms with Crippen LogP contribution in [0.25, 0.3) is 0 Å². The second kappa shape index (κ2) is 5.86. The van der Waals surface area contributed by atoms with Crippen molar-refractivity contribution in [1.82, 2.24) is 25.1 Å². The number of alkyl halides is 3. The number of aryl methyl sites for hydroxylation is 1. The van der Waals surface area contributed by atoms with Gasteiger partial charge in [0.15, 0.2) is 0 Å². The van der Waals surface area contributed by atoms with Crippen LogP contribution in [0.4, 0.5) is 23.8 Å². The molecule has 1 aliphatic rings. The number of hydrogen-bond donors (Lipinski definition) is 2. The molecule has 0 fully saturated rings. The van der Waals surface area contributed by atoms with Crippen molar-refractivity contribution < 1.29 is 18.0 Å². The lowest BCUT2D eigenvalue weighted by molar-refractivity contribution is -0.141. The van der Waals surface area contributed by atoms with Gasteiger partial charge in [0.1, 0.15) is 23.7 Å². The van der Waals surface area contributed by atoms with Crippen LogP contribution in [0.3, 0.4) is 0 Å². The smallest absolute Gasteiger partial charge is 0.333 e.